The van der Waals surface area contributed by atoms with Crippen molar-refractivity contribution in [3.05, 3.63) is 97.0 Å². The predicted molar refractivity (Wildman–Crippen MR) is 138 cm³/mol. The molecule has 2 atom stereocenters. The first-order valence-electron chi connectivity index (χ1n) is 9.97. The molecule has 12 heteroatoms. The van der Waals surface area contributed by atoms with E-state index in [9.17, 15) is 19.7 Å². The van der Waals surface area contributed by atoms with E-state index in [1.165, 1.54) is 42.5 Å². The van der Waals surface area contributed by atoms with Gasteiger partial charge in [-0.25, -0.2) is 0 Å². The highest BCUT2D eigenvalue weighted by molar-refractivity contribution is 6.53. The van der Waals surface area contributed by atoms with E-state index in [1.54, 1.807) is 18.2 Å². The number of nitro groups is 1. The summed E-state index contributed by atoms with van der Waals surface area (Å²) in [7, 11) is 0. The topological polar surface area (TPSA) is 101 Å². The number of hydrogen-bond acceptors (Lipinski definition) is 4. The van der Waals surface area contributed by atoms with Gasteiger partial charge in [-0.1, -0.05) is 34.8 Å². The fourth-order valence-electron chi connectivity index (χ4n) is 3.68. The van der Waals surface area contributed by atoms with Gasteiger partial charge in [-0.05, 0) is 54.1 Å². The second-order valence-corrected chi connectivity index (χ2v) is 10.5. The van der Waals surface area contributed by atoms with Crippen LogP contribution < -0.4 is 10.6 Å². The van der Waals surface area contributed by atoms with Crippen molar-refractivity contribution in [3.63, 3.8) is 0 Å². The lowest BCUT2D eigenvalue weighted by Crippen LogP contribution is -2.18. The lowest BCUT2D eigenvalue weighted by Gasteiger charge is -2.10. The number of nitrogens with zero attached hydrogens (tertiary/aromatic N) is 1. The monoisotopic (exact) mass is 571 g/mol. The van der Waals surface area contributed by atoms with Gasteiger partial charge in [0.1, 0.15) is 4.33 Å². The minimum absolute atomic E-state index is 0.0831. The van der Waals surface area contributed by atoms with Crippen molar-refractivity contribution in [2.24, 2.45) is 5.92 Å². The molecule has 0 aromatic heterocycles. The number of halogens is 5. The molecule has 2 amide bonds. The maximum atomic E-state index is 13.0. The number of nitro benzene ring substituents is 1. The molecule has 35 heavy (non-hydrogen) atoms. The lowest BCUT2D eigenvalue weighted by molar-refractivity contribution is -0.384. The van der Waals surface area contributed by atoms with Gasteiger partial charge in [0.05, 0.1) is 21.4 Å². The Kier molecular flexibility index (Phi) is 7.18. The standard InChI is InChI=1S/C23H14Cl5N3O4/c24-12-7-11(8-13(25)9-12)19-20(23(19,27)28)22(33)30-15-3-6-18(26)17(10-15)21(32)29-14-1-4-16(5-2-14)31(34)35/h1-10,19-20H,(H,29,32)(H,30,33)/t19-,20+/m0/s1. The summed E-state index contributed by atoms with van der Waals surface area (Å²) in [6.45, 7) is 0. The van der Waals surface area contributed by atoms with Gasteiger partial charge >= 0.3 is 0 Å². The number of amides is 2. The summed E-state index contributed by atoms with van der Waals surface area (Å²) in [4.78, 5) is 35.9. The molecule has 2 N–H and O–H groups in total. The second-order valence-electron chi connectivity index (χ2n) is 7.77. The number of non-ortho nitro benzene ring substituents is 1. The Bertz CT molecular complexity index is 1330. The minimum Gasteiger partial charge on any atom is -0.326 e. The largest absolute Gasteiger partial charge is 0.326 e. The van der Waals surface area contributed by atoms with E-state index in [0.717, 1.165) is 0 Å². The van der Waals surface area contributed by atoms with Crippen LogP contribution in [0.15, 0.2) is 60.7 Å². The molecule has 0 spiro atoms. The number of carbonyl (C=O) groups excluding carboxylic acids is 2. The van der Waals surface area contributed by atoms with Gasteiger partial charge in [-0.3, -0.25) is 19.7 Å². The van der Waals surface area contributed by atoms with E-state index in [1.807, 2.05) is 0 Å². The van der Waals surface area contributed by atoms with Gasteiger partial charge in [-0.15, -0.1) is 23.2 Å². The number of hydrogen-bond donors (Lipinski definition) is 2. The summed E-state index contributed by atoms with van der Waals surface area (Å²) in [5.41, 5.74) is 1.24. The highest BCUT2D eigenvalue weighted by Crippen LogP contribution is 2.65. The van der Waals surface area contributed by atoms with Crippen LogP contribution in [-0.4, -0.2) is 21.1 Å². The van der Waals surface area contributed by atoms with Crippen LogP contribution in [0.25, 0.3) is 0 Å². The van der Waals surface area contributed by atoms with E-state index < -0.39 is 32.9 Å². The molecule has 4 rings (SSSR count). The van der Waals surface area contributed by atoms with Gasteiger partial charge in [0.15, 0.2) is 0 Å². The van der Waals surface area contributed by atoms with Crippen LogP contribution in [-0.2, 0) is 4.79 Å². The first kappa shape index (κ1) is 25.5. The zero-order valence-electron chi connectivity index (χ0n) is 17.4. The van der Waals surface area contributed by atoms with Crippen LogP contribution in [0.3, 0.4) is 0 Å². The Morgan fingerprint density at radius 1 is 0.857 bits per heavy atom. The molecule has 0 unspecified atom stereocenters. The molecule has 0 aliphatic heterocycles. The maximum Gasteiger partial charge on any atom is 0.269 e. The van der Waals surface area contributed by atoms with E-state index in [-0.39, 0.29) is 16.3 Å². The number of rotatable bonds is 6. The van der Waals surface area contributed by atoms with Crippen molar-refractivity contribution in [1.82, 2.24) is 0 Å². The summed E-state index contributed by atoms with van der Waals surface area (Å²) in [6, 6.07) is 14.6. The lowest BCUT2D eigenvalue weighted by atomic mass is 10.1. The molecule has 1 saturated carbocycles. The molecule has 0 radical (unpaired) electrons. The first-order chi connectivity index (χ1) is 16.5. The number of carbonyl (C=O) groups is 2. The highest BCUT2D eigenvalue weighted by Gasteiger charge is 2.67. The summed E-state index contributed by atoms with van der Waals surface area (Å²) in [5, 5.41) is 17.0. The Morgan fingerprint density at radius 2 is 1.46 bits per heavy atom. The average Bonchev–Trinajstić information content (AvgIpc) is 3.36. The number of benzene rings is 3. The van der Waals surface area contributed by atoms with Crippen LogP contribution in [0.1, 0.15) is 21.8 Å². The molecule has 3 aromatic carbocycles. The molecule has 1 aliphatic rings. The van der Waals surface area contributed by atoms with E-state index in [0.29, 0.717) is 27.0 Å². The van der Waals surface area contributed by atoms with Crippen molar-refractivity contribution in [1.29, 1.82) is 0 Å². The number of nitrogens with one attached hydrogen (secondary N) is 2. The first-order valence-corrected chi connectivity index (χ1v) is 11.9. The van der Waals surface area contributed by atoms with Gasteiger partial charge in [0.25, 0.3) is 11.6 Å². The highest BCUT2D eigenvalue weighted by atomic mass is 35.5. The van der Waals surface area contributed by atoms with Crippen molar-refractivity contribution < 1.29 is 14.5 Å². The average molecular weight is 574 g/mol. The number of alkyl halides is 2. The quantitative estimate of drug-likeness (QED) is 0.183. The van der Waals surface area contributed by atoms with Gasteiger partial charge in [0.2, 0.25) is 5.91 Å². The van der Waals surface area contributed by atoms with Gasteiger partial charge < -0.3 is 10.6 Å². The van der Waals surface area contributed by atoms with Crippen LogP contribution in [0.5, 0.6) is 0 Å². The van der Waals surface area contributed by atoms with Crippen molar-refractivity contribution in [3.8, 4) is 0 Å². The molecule has 0 heterocycles. The van der Waals surface area contributed by atoms with Crippen LogP contribution >= 0.6 is 58.0 Å². The predicted octanol–water partition coefficient (Wildman–Crippen LogP) is 7.33. The molecule has 0 saturated heterocycles. The third-order valence-electron chi connectivity index (χ3n) is 5.39. The molecular formula is C23H14Cl5N3O4. The zero-order valence-corrected chi connectivity index (χ0v) is 21.2. The third kappa shape index (κ3) is 5.50. The van der Waals surface area contributed by atoms with Crippen molar-refractivity contribution in [2.75, 3.05) is 10.6 Å². The van der Waals surface area contributed by atoms with E-state index in [4.69, 9.17) is 58.0 Å². The van der Waals surface area contributed by atoms with E-state index in [2.05, 4.69) is 10.6 Å². The molecule has 3 aromatic rings. The molecule has 1 aliphatic carbocycles. The Labute approximate surface area is 224 Å². The number of anilines is 2. The molecule has 180 valence electrons. The fraction of sp³-hybridized carbons (Fsp3) is 0.130. The summed E-state index contributed by atoms with van der Waals surface area (Å²) in [6.07, 6.45) is 0. The third-order valence-corrected chi connectivity index (χ3v) is 7.10. The molecule has 7 nitrogen and oxygen atoms in total. The van der Waals surface area contributed by atoms with Crippen molar-refractivity contribution >= 4 is 86.9 Å². The van der Waals surface area contributed by atoms with Gasteiger partial charge in [0, 0.05) is 39.5 Å². The zero-order chi connectivity index (χ0) is 25.5. The maximum absolute atomic E-state index is 13.0. The van der Waals surface area contributed by atoms with Crippen LogP contribution in [0, 0.1) is 16.0 Å². The smallest absolute Gasteiger partial charge is 0.269 e. The normalized spacial score (nSPS) is 18.0. The molecular weight excluding hydrogens is 560 g/mol. The SMILES string of the molecule is O=C(Nc1ccc([N+](=O)[O-])cc1)c1cc(NC(=O)[C@H]2[C@H](c3cc(Cl)cc(Cl)c3)C2(Cl)Cl)ccc1Cl. The van der Waals surface area contributed by atoms with Crippen molar-refractivity contribution in [2.45, 2.75) is 10.3 Å². The van der Waals surface area contributed by atoms with Gasteiger partial charge in [-0.2, -0.15) is 0 Å². The Hall–Kier alpha value is -2.55. The Balaban J connectivity index is 1.49. The molecule has 1 fully saturated rings. The summed E-state index contributed by atoms with van der Waals surface area (Å²) < 4.78 is -1.36. The Morgan fingerprint density at radius 3 is 2.06 bits per heavy atom. The van der Waals surface area contributed by atoms with E-state index >= 15 is 0 Å². The molecule has 0 bridgehead atoms. The summed E-state index contributed by atoms with van der Waals surface area (Å²) >= 11 is 31.1. The minimum atomic E-state index is -1.36. The fourth-order valence-corrected chi connectivity index (χ4v) is 5.26. The van der Waals surface area contributed by atoms with Crippen LogP contribution in [0.4, 0.5) is 17.1 Å². The summed E-state index contributed by atoms with van der Waals surface area (Å²) in [5.74, 6) is -2.34. The second kappa shape index (κ2) is 9.84. The van der Waals surface area contributed by atoms with Crippen LogP contribution in [0.2, 0.25) is 15.1 Å².